The smallest absolute Gasteiger partial charge is 0.748 e. The zero-order valence-electron chi connectivity index (χ0n) is 4.75. The molecule has 0 heterocycles. The molecule has 0 amide bonds. The maximum Gasteiger partial charge on any atom is 1.00 e. The number of rotatable bonds is 2. The van der Waals surface area contributed by atoms with Crippen molar-refractivity contribution in [3.8, 4) is 0 Å². The molecule has 1 radical (unpaired) electrons. The van der Waals surface area contributed by atoms with Gasteiger partial charge in [0.2, 0.25) is 0 Å². The summed E-state index contributed by atoms with van der Waals surface area (Å²) in [6.45, 7) is 3.19. The largest absolute Gasteiger partial charge is 1.00 e. The molecular formula is C3H6KO3S. The van der Waals surface area contributed by atoms with Crippen LogP contribution in [0.5, 0.6) is 0 Å². The van der Waals surface area contributed by atoms with Crippen LogP contribution in [0.4, 0.5) is 0 Å². The van der Waals surface area contributed by atoms with Gasteiger partial charge in [-0.3, -0.25) is 0 Å². The Hall–Kier alpha value is 1.55. The molecule has 0 atom stereocenters. The Morgan fingerprint density at radius 3 is 1.88 bits per heavy atom. The minimum Gasteiger partial charge on any atom is -0.748 e. The Labute approximate surface area is 92.0 Å². The first-order valence-electron chi connectivity index (χ1n) is 1.79. The molecule has 0 spiro atoms. The second kappa shape index (κ2) is 5.34. The summed E-state index contributed by atoms with van der Waals surface area (Å²) in [6, 6.07) is 0. The quantitative estimate of drug-likeness (QED) is 0.316. The van der Waals surface area contributed by atoms with Crippen molar-refractivity contribution in [3.63, 3.8) is 0 Å². The van der Waals surface area contributed by atoms with Crippen molar-refractivity contribution in [2.24, 2.45) is 0 Å². The van der Waals surface area contributed by atoms with Crippen LogP contribution in [0.1, 0.15) is 6.42 Å². The molecule has 0 aromatic heterocycles. The fourth-order valence-corrected chi connectivity index (χ4v) is 0.530. The molecule has 0 saturated carbocycles. The Morgan fingerprint density at radius 2 is 1.88 bits per heavy atom. The molecule has 0 N–H and O–H groups in total. The summed E-state index contributed by atoms with van der Waals surface area (Å²) in [7, 11) is -3.99. The monoisotopic (exact) mass is 161 g/mol. The Bertz CT molecular complexity index is 127. The summed E-state index contributed by atoms with van der Waals surface area (Å²) in [6.07, 6.45) is 0.159. The van der Waals surface area contributed by atoms with Crippen LogP contribution in [-0.2, 0) is 10.1 Å². The van der Waals surface area contributed by atoms with E-state index < -0.39 is 10.1 Å². The average Bonchev–Trinajstić information content (AvgIpc) is 1.30. The molecule has 0 aliphatic rings. The first-order chi connectivity index (χ1) is 3.06. The molecule has 0 bridgehead atoms. The van der Waals surface area contributed by atoms with Gasteiger partial charge in [-0.25, -0.2) is 8.42 Å². The second-order valence-electron chi connectivity index (χ2n) is 1.12. The van der Waals surface area contributed by atoms with Crippen LogP contribution in [0.25, 0.3) is 0 Å². The summed E-state index contributed by atoms with van der Waals surface area (Å²) >= 11 is 0. The van der Waals surface area contributed by atoms with E-state index in [0.717, 1.165) is 0 Å². The van der Waals surface area contributed by atoms with Crippen molar-refractivity contribution in [3.05, 3.63) is 6.92 Å². The topological polar surface area (TPSA) is 57.2 Å². The summed E-state index contributed by atoms with van der Waals surface area (Å²) in [5.74, 6) is -0.354. The second-order valence-corrected chi connectivity index (χ2v) is 2.64. The van der Waals surface area contributed by atoms with Crippen LogP contribution in [0.3, 0.4) is 0 Å². The van der Waals surface area contributed by atoms with Crippen LogP contribution < -0.4 is 51.4 Å². The average molecular weight is 161 g/mol. The van der Waals surface area contributed by atoms with Crippen molar-refractivity contribution >= 4 is 10.1 Å². The van der Waals surface area contributed by atoms with Gasteiger partial charge in [-0.1, -0.05) is 6.92 Å². The van der Waals surface area contributed by atoms with Gasteiger partial charge >= 0.3 is 51.4 Å². The summed E-state index contributed by atoms with van der Waals surface area (Å²) in [5, 5.41) is 0. The van der Waals surface area contributed by atoms with Crippen LogP contribution in [0, 0.1) is 6.92 Å². The Morgan fingerprint density at radius 1 is 1.50 bits per heavy atom. The zero-order chi connectivity index (χ0) is 5.91. The minimum atomic E-state index is -3.99. The van der Waals surface area contributed by atoms with E-state index in [0.29, 0.717) is 0 Å². The van der Waals surface area contributed by atoms with E-state index in [-0.39, 0.29) is 63.6 Å². The third-order valence-electron chi connectivity index (χ3n) is 0.394. The van der Waals surface area contributed by atoms with Gasteiger partial charge in [0.05, 0.1) is 10.1 Å². The van der Waals surface area contributed by atoms with E-state index in [1.165, 1.54) is 0 Å². The molecule has 0 aromatic carbocycles. The molecule has 0 aliphatic heterocycles. The molecule has 8 heavy (non-hydrogen) atoms. The fraction of sp³-hybridized carbons (Fsp3) is 0.667. The number of hydrogen-bond donors (Lipinski definition) is 0. The van der Waals surface area contributed by atoms with Crippen molar-refractivity contribution in [2.45, 2.75) is 6.42 Å². The predicted octanol–water partition coefficient (Wildman–Crippen LogP) is -3.24. The third-order valence-corrected chi connectivity index (χ3v) is 1.18. The van der Waals surface area contributed by atoms with Crippen LogP contribution in [-0.4, -0.2) is 18.7 Å². The molecule has 0 fully saturated rings. The van der Waals surface area contributed by atoms with Gasteiger partial charge in [0.1, 0.15) is 0 Å². The van der Waals surface area contributed by atoms with Crippen molar-refractivity contribution < 1.29 is 64.4 Å². The fourth-order valence-electron chi connectivity index (χ4n) is 0.177. The van der Waals surface area contributed by atoms with Crippen molar-refractivity contribution in [1.82, 2.24) is 0 Å². The summed E-state index contributed by atoms with van der Waals surface area (Å²) in [4.78, 5) is 0. The van der Waals surface area contributed by atoms with Gasteiger partial charge in [0.25, 0.3) is 0 Å². The summed E-state index contributed by atoms with van der Waals surface area (Å²) < 4.78 is 28.9. The first kappa shape index (κ1) is 12.2. The molecule has 3 nitrogen and oxygen atoms in total. The first-order valence-corrected chi connectivity index (χ1v) is 3.37. The van der Waals surface area contributed by atoms with Gasteiger partial charge in [-0.05, 0) is 6.42 Å². The third kappa shape index (κ3) is 10.5. The molecular weight excluding hydrogens is 155 g/mol. The van der Waals surface area contributed by atoms with E-state index in [1.54, 1.807) is 0 Å². The zero-order valence-corrected chi connectivity index (χ0v) is 8.69. The van der Waals surface area contributed by atoms with Crippen LogP contribution in [0.15, 0.2) is 0 Å². The molecule has 0 aromatic rings. The van der Waals surface area contributed by atoms with Crippen LogP contribution >= 0.6 is 0 Å². The molecule has 43 valence electrons. The summed E-state index contributed by atoms with van der Waals surface area (Å²) in [5.41, 5.74) is 0. The van der Waals surface area contributed by atoms with E-state index in [1.807, 2.05) is 0 Å². The Balaban J connectivity index is 0. The van der Waals surface area contributed by atoms with Gasteiger partial charge in [-0.2, -0.15) is 0 Å². The molecule has 0 rings (SSSR count). The minimum absolute atomic E-state index is 0. The van der Waals surface area contributed by atoms with Crippen molar-refractivity contribution in [1.29, 1.82) is 0 Å². The molecule has 0 saturated heterocycles. The van der Waals surface area contributed by atoms with Gasteiger partial charge < -0.3 is 4.55 Å². The molecule has 0 aliphatic carbocycles. The standard InChI is InChI=1S/C3H7O3S.K/c1-2-3-7(4,5)6;/h1-3H2,(H,4,5,6);/q;+1/p-1. The van der Waals surface area contributed by atoms with E-state index >= 15 is 0 Å². The normalized spacial score (nSPS) is 10.2. The van der Waals surface area contributed by atoms with Gasteiger partial charge in [-0.15, -0.1) is 0 Å². The van der Waals surface area contributed by atoms with Crippen LogP contribution in [0.2, 0.25) is 0 Å². The van der Waals surface area contributed by atoms with Gasteiger partial charge in [0.15, 0.2) is 0 Å². The SMILES string of the molecule is [CH2]CCS(=O)(=O)[O-].[K+]. The van der Waals surface area contributed by atoms with E-state index in [4.69, 9.17) is 0 Å². The maximum absolute atomic E-state index is 9.64. The van der Waals surface area contributed by atoms with E-state index in [2.05, 4.69) is 6.92 Å². The predicted molar refractivity (Wildman–Crippen MR) is 24.5 cm³/mol. The maximum atomic E-state index is 9.64. The van der Waals surface area contributed by atoms with Crippen molar-refractivity contribution in [2.75, 3.05) is 5.75 Å². The van der Waals surface area contributed by atoms with Gasteiger partial charge in [0, 0.05) is 5.75 Å². The molecule has 0 unspecified atom stereocenters. The Kier molecular flexibility index (Phi) is 8.17. The molecule has 5 heteroatoms. The number of hydrogen-bond acceptors (Lipinski definition) is 3. The van der Waals surface area contributed by atoms with E-state index in [9.17, 15) is 13.0 Å².